The van der Waals surface area contributed by atoms with Gasteiger partial charge in [0.15, 0.2) is 0 Å². The zero-order chi connectivity index (χ0) is 19.1. The highest BCUT2D eigenvalue weighted by Gasteiger charge is 2.45. The minimum Gasteiger partial charge on any atom is -0.496 e. The van der Waals surface area contributed by atoms with Crippen LogP contribution in [0.4, 0.5) is 5.69 Å². The van der Waals surface area contributed by atoms with Crippen molar-refractivity contribution >= 4 is 23.4 Å². The van der Waals surface area contributed by atoms with E-state index in [0.29, 0.717) is 29.9 Å². The number of hydrogen-bond donors (Lipinski definition) is 2. The predicted molar refractivity (Wildman–Crippen MR) is 98.9 cm³/mol. The summed E-state index contributed by atoms with van der Waals surface area (Å²) in [5, 5.41) is 5.93. The summed E-state index contributed by atoms with van der Waals surface area (Å²) in [6, 6.07) is 2.71. The maximum atomic E-state index is 13.1. The van der Waals surface area contributed by atoms with E-state index in [2.05, 4.69) is 22.1 Å². The molecule has 0 radical (unpaired) electrons. The number of carbonyl (C=O) groups is 3. The van der Waals surface area contributed by atoms with Gasteiger partial charge in [-0.2, -0.15) is 0 Å². The van der Waals surface area contributed by atoms with Gasteiger partial charge in [-0.1, -0.05) is 6.58 Å². The molecule has 1 unspecified atom stereocenters. The Bertz CT molecular complexity index is 844. The fourth-order valence-corrected chi connectivity index (χ4v) is 3.89. The van der Waals surface area contributed by atoms with Crippen LogP contribution in [0, 0.1) is 0 Å². The van der Waals surface area contributed by atoms with E-state index >= 15 is 0 Å². The van der Waals surface area contributed by atoms with Gasteiger partial charge in [-0.15, -0.1) is 0 Å². The maximum Gasteiger partial charge on any atom is 0.266 e. The van der Waals surface area contributed by atoms with Crippen molar-refractivity contribution in [2.75, 3.05) is 38.2 Å². The highest BCUT2D eigenvalue weighted by Crippen LogP contribution is 2.37. The number of nitrogens with one attached hydrogen (secondary N) is 2. The first-order valence-electron chi connectivity index (χ1n) is 9.05. The molecular weight excluding hydrogens is 348 g/mol. The zero-order valence-electron chi connectivity index (χ0n) is 15.2. The Labute approximate surface area is 157 Å². The summed E-state index contributed by atoms with van der Waals surface area (Å²) in [6.07, 6.45) is 0.913. The first-order chi connectivity index (χ1) is 13.0. The summed E-state index contributed by atoms with van der Waals surface area (Å²) in [6.45, 7) is 7.06. The minimum absolute atomic E-state index is 0.235. The van der Waals surface area contributed by atoms with Crippen LogP contribution in [0.15, 0.2) is 24.4 Å². The second kappa shape index (κ2) is 6.70. The van der Waals surface area contributed by atoms with Crippen molar-refractivity contribution in [1.29, 1.82) is 0 Å². The number of ether oxygens (including phenoxy) is 1. The molecule has 3 aliphatic rings. The number of anilines is 1. The molecule has 2 fully saturated rings. The molecule has 142 valence electrons. The van der Waals surface area contributed by atoms with Gasteiger partial charge in [-0.3, -0.25) is 19.3 Å². The quantitative estimate of drug-likeness (QED) is 0.753. The lowest BCUT2D eigenvalue weighted by Gasteiger charge is -2.30. The molecule has 3 amide bonds. The highest BCUT2D eigenvalue weighted by molar-refractivity contribution is 6.24. The van der Waals surface area contributed by atoms with E-state index in [9.17, 15) is 14.4 Å². The van der Waals surface area contributed by atoms with Gasteiger partial charge in [0.25, 0.3) is 11.8 Å². The number of methoxy groups -OCH3 is 1. The number of fused-ring (bicyclic) bond motifs is 1. The van der Waals surface area contributed by atoms with Crippen molar-refractivity contribution in [3.05, 3.63) is 35.5 Å². The molecule has 0 saturated carbocycles. The summed E-state index contributed by atoms with van der Waals surface area (Å²) in [5.41, 5.74) is 1.98. The standard InChI is InChI=1S/C19H22N4O4/c1-11-3-4-14(17(24)21-11)23-18(25)13-9-12(22-7-5-20-6-8-22)10-15(27-2)16(13)19(23)26/h9-10,14,20H,1,3-8H2,2H3,(H,21,24). The maximum absolute atomic E-state index is 13.1. The third kappa shape index (κ3) is 2.86. The lowest BCUT2D eigenvalue weighted by molar-refractivity contribution is -0.125. The number of amides is 3. The van der Waals surface area contributed by atoms with Crippen molar-refractivity contribution in [2.24, 2.45) is 0 Å². The summed E-state index contributed by atoms with van der Waals surface area (Å²) < 4.78 is 5.43. The second-order valence-corrected chi connectivity index (χ2v) is 6.94. The van der Waals surface area contributed by atoms with Gasteiger partial charge >= 0.3 is 0 Å². The van der Waals surface area contributed by atoms with Crippen LogP contribution in [0.25, 0.3) is 0 Å². The largest absolute Gasteiger partial charge is 0.496 e. The van der Waals surface area contributed by atoms with Crippen LogP contribution in [0.1, 0.15) is 33.6 Å². The SMILES string of the molecule is C=C1CCC(N2C(=O)c3cc(N4CCNCC4)cc(OC)c3C2=O)C(=O)N1. The zero-order valence-corrected chi connectivity index (χ0v) is 15.2. The Morgan fingerprint density at radius 1 is 1.15 bits per heavy atom. The Morgan fingerprint density at radius 2 is 1.89 bits per heavy atom. The van der Waals surface area contributed by atoms with Crippen LogP contribution >= 0.6 is 0 Å². The van der Waals surface area contributed by atoms with Crippen molar-refractivity contribution < 1.29 is 19.1 Å². The second-order valence-electron chi connectivity index (χ2n) is 6.94. The van der Waals surface area contributed by atoms with E-state index in [1.807, 2.05) is 0 Å². The molecule has 3 aliphatic heterocycles. The third-order valence-corrected chi connectivity index (χ3v) is 5.30. The lowest BCUT2D eigenvalue weighted by Crippen LogP contribution is -2.51. The number of carbonyl (C=O) groups excluding carboxylic acids is 3. The van der Waals surface area contributed by atoms with Crippen molar-refractivity contribution in [2.45, 2.75) is 18.9 Å². The summed E-state index contributed by atoms with van der Waals surface area (Å²) in [5.74, 6) is -0.936. The number of hydrogen-bond acceptors (Lipinski definition) is 6. The number of rotatable bonds is 3. The lowest BCUT2D eigenvalue weighted by atomic mass is 10.0. The molecule has 8 heteroatoms. The van der Waals surface area contributed by atoms with Crippen LogP contribution < -0.4 is 20.3 Å². The normalized spacial score (nSPS) is 22.8. The molecule has 1 atom stereocenters. The Morgan fingerprint density at radius 3 is 2.56 bits per heavy atom. The van der Waals surface area contributed by atoms with E-state index in [1.54, 1.807) is 12.1 Å². The first kappa shape index (κ1) is 17.5. The molecule has 3 heterocycles. The number of imide groups is 1. The van der Waals surface area contributed by atoms with Crippen molar-refractivity contribution in [1.82, 2.24) is 15.5 Å². The number of nitrogens with zero attached hydrogens (tertiary/aromatic N) is 2. The topological polar surface area (TPSA) is 91.0 Å². The predicted octanol–water partition coefficient (Wildman–Crippen LogP) is 0.493. The summed E-state index contributed by atoms with van der Waals surface area (Å²) in [4.78, 5) is 41.6. The number of piperidine rings is 1. The fraction of sp³-hybridized carbons (Fsp3) is 0.421. The molecule has 27 heavy (non-hydrogen) atoms. The van der Waals surface area contributed by atoms with E-state index in [4.69, 9.17) is 4.74 Å². The Hall–Kier alpha value is -2.87. The van der Waals surface area contributed by atoms with E-state index < -0.39 is 17.9 Å². The number of benzene rings is 1. The molecular formula is C19H22N4O4. The highest BCUT2D eigenvalue weighted by atomic mass is 16.5. The van der Waals surface area contributed by atoms with E-state index in [1.165, 1.54) is 7.11 Å². The molecule has 1 aromatic carbocycles. The van der Waals surface area contributed by atoms with Crippen LogP contribution in [0.5, 0.6) is 5.75 Å². The molecule has 8 nitrogen and oxygen atoms in total. The van der Waals surface area contributed by atoms with Crippen LogP contribution in [0.3, 0.4) is 0 Å². The van der Waals surface area contributed by atoms with E-state index in [-0.39, 0.29) is 11.5 Å². The molecule has 1 aromatic rings. The molecule has 0 spiro atoms. The molecule has 4 rings (SSSR count). The molecule has 2 N–H and O–H groups in total. The summed E-state index contributed by atoms with van der Waals surface area (Å²) in [7, 11) is 1.48. The van der Waals surface area contributed by atoms with Gasteiger partial charge in [-0.05, 0) is 18.9 Å². The monoisotopic (exact) mass is 370 g/mol. The average Bonchev–Trinajstić information content (AvgIpc) is 2.93. The summed E-state index contributed by atoms with van der Waals surface area (Å²) >= 11 is 0. The van der Waals surface area contributed by atoms with Gasteiger partial charge < -0.3 is 20.3 Å². The Kier molecular flexibility index (Phi) is 4.35. The Balaban J connectivity index is 1.71. The van der Waals surface area contributed by atoms with Gasteiger partial charge in [0, 0.05) is 43.6 Å². The molecule has 2 saturated heterocycles. The van der Waals surface area contributed by atoms with Crippen molar-refractivity contribution in [3.8, 4) is 5.75 Å². The molecule has 0 bridgehead atoms. The fourth-order valence-electron chi connectivity index (χ4n) is 3.89. The number of piperazine rings is 1. The minimum atomic E-state index is -0.824. The smallest absolute Gasteiger partial charge is 0.266 e. The third-order valence-electron chi connectivity index (χ3n) is 5.30. The van der Waals surface area contributed by atoms with Gasteiger partial charge in [0.05, 0.1) is 18.2 Å². The van der Waals surface area contributed by atoms with Crippen LogP contribution in [0.2, 0.25) is 0 Å². The van der Waals surface area contributed by atoms with Crippen molar-refractivity contribution in [3.63, 3.8) is 0 Å². The van der Waals surface area contributed by atoms with Gasteiger partial charge in [0.1, 0.15) is 11.8 Å². The van der Waals surface area contributed by atoms with Crippen LogP contribution in [-0.4, -0.2) is 62.0 Å². The molecule has 0 aromatic heterocycles. The van der Waals surface area contributed by atoms with Crippen LogP contribution in [-0.2, 0) is 4.79 Å². The molecule has 0 aliphatic carbocycles. The number of allylic oxidation sites excluding steroid dienone is 1. The first-order valence-corrected chi connectivity index (χ1v) is 9.05. The van der Waals surface area contributed by atoms with Gasteiger partial charge in [-0.25, -0.2) is 0 Å². The average molecular weight is 370 g/mol. The van der Waals surface area contributed by atoms with E-state index in [0.717, 1.165) is 36.8 Å². The van der Waals surface area contributed by atoms with Gasteiger partial charge in [0.2, 0.25) is 5.91 Å².